The average molecular weight is 760 g/mol. The number of benzene rings is 2. The number of amides is 4. The van der Waals surface area contributed by atoms with E-state index in [0.29, 0.717) is 6.07 Å². The highest BCUT2D eigenvalue weighted by molar-refractivity contribution is 6.31. The number of piperazine rings is 1. The molecule has 0 spiro atoms. The third-order valence-corrected chi connectivity index (χ3v) is 8.69. The molecule has 2 fully saturated rings. The lowest BCUT2D eigenvalue weighted by molar-refractivity contribution is -0.131. The van der Waals surface area contributed by atoms with Crippen molar-refractivity contribution in [1.29, 1.82) is 5.26 Å². The van der Waals surface area contributed by atoms with Crippen LogP contribution in [0.15, 0.2) is 54.7 Å². The second-order valence-corrected chi connectivity index (χ2v) is 13.8. The molecule has 2 heterocycles. The second-order valence-electron chi connectivity index (χ2n) is 13.4. The van der Waals surface area contributed by atoms with Gasteiger partial charge in [-0.15, -0.1) is 0 Å². The molecule has 3 aromatic rings. The molecule has 1 N–H and O–H groups in total. The van der Waals surface area contributed by atoms with Gasteiger partial charge in [0, 0.05) is 41.7 Å². The number of hydrogen-bond donors (Lipinski definition) is 1. The van der Waals surface area contributed by atoms with Crippen LogP contribution in [0, 0.1) is 23.0 Å². The zero-order valence-electron chi connectivity index (χ0n) is 28.3. The first-order valence-electron chi connectivity index (χ1n) is 16.2. The van der Waals surface area contributed by atoms with Crippen molar-refractivity contribution in [2.45, 2.75) is 83.5 Å². The van der Waals surface area contributed by atoms with Crippen LogP contribution in [0.5, 0.6) is 0 Å². The molecule has 2 aromatic carbocycles. The minimum atomic E-state index is -2.92. The second kappa shape index (κ2) is 16.2. The smallest absolute Gasteiger partial charge is 0.410 e. The Balaban J connectivity index is 0.00000627. The molecule has 1 aliphatic carbocycles. The van der Waals surface area contributed by atoms with Gasteiger partial charge in [-0.25, -0.2) is 32.3 Å². The highest BCUT2D eigenvalue weighted by atomic mass is 35.5. The number of anilines is 2. The SMILES string of the molecule is C.CC(C)(C)OC(=O)N1CC(=O)N(c2nccc(C#N)n2)[C@H](C(=O)N(c2cc(F)cc(F)c2)[C@H](C(=O)NC2CCC(F)(F)CC2)c2ccccc2Cl)C1. The number of carbonyl (C=O) groups is 4. The van der Waals surface area contributed by atoms with Crippen molar-refractivity contribution in [2.75, 3.05) is 22.9 Å². The number of nitrogens with zero attached hydrogens (tertiary/aromatic N) is 6. The lowest BCUT2D eigenvalue weighted by Gasteiger charge is -2.42. The van der Waals surface area contributed by atoms with Gasteiger partial charge in [-0.3, -0.25) is 29.1 Å². The summed E-state index contributed by atoms with van der Waals surface area (Å²) in [5.41, 5.74) is -1.68. The fourth-order valence-corrected chi connectivity index (χ4v) is 6.24. The van der Waals surface area contributed by atoms with Gasteiger partial charge in [-0.2, -0.15) is 5.26 Å². The number of hydrogen-bond acceptors (Lipinski definition) is 8. The first kappa shape index (κ1) is 40.5. The number of alkyl halides is 2. The maximum atomic E-state index is 15.1. The number of rotatable bonds is 7. The van der Waals surface area contributed by atoms with E-state index in [1.165, 1.54) is 36.5 Å². The van der Waals surface area contributed by atoms with E-state index in [4.69, 9.17) is 16.3 Å². The van der Waals surface area contributed by atoms with Gasteiger partial charge < -0.3 is 10.1 Å². The number of carbonyl (C=O) groups excluding carboxylic acids is 4. The monoisotopic (exact) mass is 759 g/mol. The summed E-state index contributed by atoms with van der Waals surface area (Å²) in [7, 11) is 0. The maximum absolute atomic E-state index is 15.1. The molecule has 5 rings (SSSR count). The summed E-state index contributed by atoms with van der Waals surface area (Å²) in [6, 6.07) is 6.70. The summed E-state index contributed by atoms with van der Waals surface area (Å²) in [5.74, 6) is -8.55. The van der Waals surface area contributed by atoms with E-state index in [0.717, 1.165) is 26.8 Å². The summed E-state index contributed by atoms with van der Waals surface area (Å²) >= 11 is 6.59. The first-order valence-corrected chi connectivity index (χ1v) is 16.6. The summed E-state index contributed by atoms with van der Waals surface area (Å²) in [4.78, 5) is 67.3. The van der Waals surface area contributed by atoms with Gasteiger partial charge in [0.05, 0.1) is 12.2 Å². The zero-order valence-corrected chi connectivity index (χ0v) is 29.0. The molecule has 53 heavy (non-hydrogen) atoms. The minimum absolute atomic E-state index is 0. The lowest BCUT2D eigenvalue weighted by atomic mass is 9.91. The van der Waals surface area contributed by atoms with Gasteiger partial charge in [-0.1, -0.05) is 37.2 Å². The average Bonchev–Trinajstić information content (AvgIpc) is 3.06. The Hall–Kier alpha value is -5.30. The van der Waals surface area contributed by atoms with E-state index in [9.17, 15) is 37.2 Å². The predicted octanol–water partition coefficient (Wildman–Crippen LogP) is 6.34. The van der Waals surface area contributed by atoms with Crippen molar-refractivity contribution in [1.82, 2.24) is 20.2 Å². The first-order chi connectivity index (χ1) is 24.5. The van der Waals surface area contributed by atoms with Crippen LogP contribution >= 0.6 is 11.6 Å². The number of nitriles is 1. The number of aromatic nitrogens is 2. The molecule has 12 nitrogen and oxygen atoms in total. The molecular weight excluding hydrogens is 722 g/mol. The molecule has 4 amide bonds. The van der Waals surface area contributed by atoms with Crippen molar-refractivity contribution in [2.24, 2.45) is 0 Å². The quantitative estimate of drug-likeness (QED) is 0.275. The zero-order chi connectivity index (χ0) is 38.0. The molecule has 1 aliphatic heterocycles. The normalized spacial score (nSPS) is 17.9. The van der Waals surface area contributed by atoms with Crippen LogP contribution in [0.1, 0.15) is 71.2 Å². The molecule has 0 unspecified atom stereocenters. The van der Waals surface area contributed by atoms with E-state index in [-0.39, 0.29) is 36.5 Å². The van der Waals surface area contributed by atoms with Crippen LogP contribution in [0.25, 0.3) is 0 Å². The Morgan fingerprint density at radius 3 is 2.34 bits per heavy atom. The van der Waals surface area contributed by atoms with Crippen LogP contribution in [0.2, 0.25) is 5.02 Å². The topological polar surface area (TPSA) is 149 Å². The summed E-state index contributed by atoms with van der Waals surface area (Å²) in [6.07, 6.45) is -1.01. The van der Waals surface area contributed by atoms with Gasteiger partial charge in [0.2, 0.25) is 23.7 Å². The summed E-state index contributed by atoms with van der Waals surface area (Å²) in [5, 5.41) is 12.2. The molecule has 0 radical (unpaired) electrons. The van der Waals surface area contributed by atoms with Crippen molar-refractivity contribution in [3.05, 3.63) is 82.6 Å². The molecule has 1 saturated heterocycles. The Bertz CT molecular complexity index is 1890. The highest BCUT2D eigenvalue weighted by Gasteiger charge is 2.47. The van der Waals surface area contributed by atoms with E-state index < -0.39 is 103 Å². The van der Waals surface area contributed by atoms with E-state index in [1.807, 2.05) is 6.07 Å². The summed E-state index contributed by atoms with van der Waals surface area (Å²) in [6.45, 7) is 3.57. The van der Waals surface area contributed by atoms with Gasteiger partial charge in [-0.05, 0) is 57.9 Å². The number of halogens is 5. The molecular formula is C36H38ClF4N7O5. The molecule has 1 aromatic heterocycles. The van der Waals surface area contributed by atoms with Gasteiger partial charge in [0.25, 0.3) is 5.91 Å². The molecule has 17 heteroatoms. The van der Waals surface area contributed by atoms with Gasteiger partial charge >= 0.3 is 6.09 Å². The fraction of sp³-hybridized carbons (Fsp3) is 0.417. The predicted molar refractivity (Wildman–Crippen MR) is 186 cm³/mol. The van der Waals surface area contributed by atoms with Crippen LogP contribution in [0.4, 0.5) is 34.0 Å². The Morgan fingerprint density at radius 1 is 1.09 bits per heavy atom. The van der Waals surface area contributed by atoms with Gasteiger partial charge in [0.1, 0.15) is 47.6 Å². The maximum Gasteiger partial charge on any atom is 0.410 e. The van der Waals surface area contributed by atoms with E-state index in [2.05, 4.69) is 15.3 Å². The van der Waals surface area contributed by atoms with Crippen molar-refractivity contribution >= 4 is 47.1 Å². The summed E-state index contributed by atoms with van der Waals surface area (Å²) < 4.78 is 63.4. The standard InChI is InChI=1S/C35H34ClF4N7O5.CH4/c1-34(2,3)52-33(51)45-18-27(47(28(48)19-45)32-42-13-10-23(17-41)44-32)31(50)46(24-15-20(37)14-21(38)16-24)29(25-6-4-5-7-26(25)36)30(49)43-22-8-11-35(39,40)12-9-22;/h4-7,10,13-16,22,27,29H,8-9,11-12,18-19H2,1-3H3,(H,43,49);1H4/t27-,29-;/m0./s1. The third-order valence-electron chi connectivity index (χ3n) is 8.34. The largest absolute Gasteiger partial charge is 0.444 e. The minimum Gasteiger partial charge on any atom is -0.444 e. The molecule has 2 atom stereocenters. The van der Waals surface area contributed by atoms with Crippen molar-refractivity contribution < 1.29 is 41.5 Å². The van der Waals surface area contributed by atoms with Crippen molar-refractivity contribution in [3.8, 4) is 6.07 Å². The molecule has 0 bridgehead atoms. The number of nitrogens with one attached hydrogen (secondary N) is 1. The van der Waals surface area contributed by atoms with E-state index in [1.54, 1.807) is 20.8 Å². The van der Waals surface area contributed by atoms with Crippen LogP contribution in [-0.4, -0.2) is 75.4 Å². The fourth-order valence-electron chi connectivity index (χ4n) is 6.00. The van der Waals surface area contributed by atoms with Crippen molar-refractivity contribution in [3.63, 3.8) is 0 Å². The number of ether oxygens (including phenoxy) is 1. The van der Waals surface area contributed by atoms with Crippen LogP contribution in [-0.2, 0) is 19.1 Å². The Kier molecular flexibility index (Phi) is 12.3. The highest BCUT2D eigenvalue weighted by Crippen LogP contribution is 2.37. The molecule has 282 valence electrons. The molecule has 1 saturated carbocycles. The third kappa shape index (κ3) is 9.58. The van der Waals surface area contributed by atoms with Crippen LogP contribution < -0.4 is 15.1 Å². The Morgan fingerprint density at radius 2 is 1.74 bits per heavy atom. The van der Waals surface area contributed by atoms with Crippen LogP contribution in [0.3, 0.4) is 0 Å². The Labute approximate surface area is 308 Å². The molecule has 2 aliphatic rings. The van der Waals surface area contributed by atoms with Gasteiger partial charge in [0.15, 0.2) is 0 Å². The lowest BCUT2D eigenvalue weighted by Crippen LogP contribution is -2.65. The van der Waals surface area contributed by atoms with E-state index >= 15 is 4.79 Å².